The van der Waals surface area contributed by atoms with Gasteiger partial charge < -0.3 is 15.4 Å². The van der Waals surface area contributed by atoms with E-state index < -0.39 is 0 Å². The van der Waals surface area contributed by atoms with Crippen LogP contribution in [-0.4, -0.2) is 26.3 Å². The van der Waals surface area contributed by atoms with E-state index in [0.29, 0.717) is 24.6 Å². The molecule has 0 aromatic heterocycles. The molecule has 0 amide bonds. The van der Waals surface area contributed by atoms with E-state index in [-0.39, 0.29) is 13.2 Å². The summed E-state index contributed by atoms with van der Waals surface area (Å²) in [6, 6.07) is 4.79. The van der Waals surface area contributed by atoms with E-state index in [4.69, 9.17) is 10.5 Å². The molecule has 1 aliphatic heterocycles. The van der Waals surface area contributed by atoms with Gasteiger partial charge >= 0.3 is 0 Å². The van der Waals surface area contributed by atoms with E-state index in [1.54, 1.807) is 12.1 Å². The van der Waals surface area contributed by atoms with Gasteiger partial charge in [0, 0.05) is 18.8 Å². The zero-order chi connectivity index (χ0) is 9.97. The number of rotatable bonds is 1. The minimum Gasteiger partial charge on any atom is -0.399 e. The van der Waals surface area contributed by atoms with Gasteiger partial charge in [-0.3, -0.25) is 0 Å². The number of hydrogen-bond donors (Lipinski definition) is 1. The van der Waals surface area contributed by atoms with E-state index in [0.717, 1.165) is 13.1 Å². The maximum atomic E-state index is 13.5. The standard InChI is InChI=1S/C10H13FN2O.CH4/c11-9-7-8(12)1-2-10(9)13-3-5-14-6-4-13;/h1-2,7H,3-6,12H2;1H4. The lowest BCUT2D eigenvalue weighted by molar-refractivity contribution is 0.122. The summed E-state index contributed by atoms with van der Waals surface area (Å²) in [6.45, 7) is 2.79. The van der Waals surface area contributed by atoms with Crippen LogP contribution in [0.3, 0.4) is 0 Å². The molecule has 0 bridgehead atoms. The van der Waals surface area contributed by atoms with E-state index in [1.807, 2.05) is 4.90 Å². The third kappa shape index (κ3) is 2.59. The van der Waals surface area contributed by atoms with Crippen LogP contribution in [0.1, 0.15) is 7.43 Å². The van der Waals surface area contributed by atoms with Crippen molar-refractivity contribution in [3.05, 3.63) is 24.0 Å². The molecule has 1 aromatic carbocycles. The summed E-state index contributed by atoms with van der Waals surface area (Å²) in [4.78, 5) is 1.97. The predicted molar refractivity (Wildman–Crippen MR) is 60.6 cm³/mol. The first-order valence-electron chi connectivity index (χ1n) is 4.65. The molecule has 0 saturated carbocycles. The number of hydrogen-bond acceptors (Lipinski definition) is 3. The third-order valence-electron chi connectivity index (χ3n) is 2.32. The Morgan fingerprint density at radius 1 is 1.27 bits per heavy atom. The van der Waals surface area contributed by atoms with Crippen LogP contribution in [0.5, 0.6) is 0 Å². The molecule has 1 aliphatic rings. The molecule has 15 heavy (non-hydrogen) atoms. The molecule has 1 aromatic rings. The number of nitrogen functional groups attached to an aromatic ring is 1. The van der Waals surface area contributed by atoms with Gasteiger partial charge in [0.05, 0.1) is 18.9 Å². The number of nitrogens with two attached hydrogens (primary N) is 1. The van der Waals surface area contributed by atoms with Crippen LogP contribution in [0, 0.1) is 5.82 Å². The van der Waals surface area contributed by atoms with Crippen LogP contribution in [0.15, 0.2) is 18.2 Å². The molecule has 0 aliphatic carbocycles. The van der Waals surface area contributed by atoms with Gasteiger partial charge in [0.2, 0.25) is 0 Å². The Morgan fingerprint density at radius 2 is 1.93 bits per heavy atom. The Kier molecular flexibility index (Phi) is 3.91. The molecule has 2 rings (SSSR count). The highest BCUT2D eigenvalue weighted by atomic mass is 19.1. The Bertz CT molecular complexity index is 324. The van der Waals surface area contributed by atoms with Crippen LogP contribution in [0.2, 0.25) is 0 Å². The minimum absolute atomic E-state index is 0. The zero-order valence-electron chi connectivity index (χ0n) is 7.87. The van der Waals surface area contributed by atoms with E-state index >= 15 is 0 Å². The van der Waals surface area contributed by atoms with Crippen LogP contribution < -0.4 is 10.6 Å². The quantitative estimate of drug-likeness (QED) is 0.722. The van der Waals surface area contributed by atoms with Crippen molar-refractivity contribution in [3.63, 3.8) is 0 Å². The van der Waals surface area contributed by atoms with E-state index in [9.17, 15) is 4.39 Å². The van der Waals surface area contributed by atoms with Crippen molar-refractivity contribution in [1.29, 1.82) is 0 Å². The monoisotopic (exact) mass is 212 g/mol. The molecule has 84 valence electrons. The van der Waals surface area contributed by atoms with Crippen LogP contribution in [-0.2, 0) is 4.74 Å². The highest BCUT2D eigenvalue weighted by molar-refractivity contribution is 5.54. The smallest absolute Gasteiger partial charge is 0.148 e. The first-order valence-corrected chi connectivity index (χ1v) is 4.65. The molecule has 1 fully saturated rings. The van der Waals surface area contributed by atoms with Crippen molar-refractivity contribution >= 4 is 11.4 Å². The molecule has 0 radical (unpaired) electrons. The lowest BCUT2D eigenvalue weighted by atomic mass is 10.2. The molecular formula is C11H17FN2O. The zero-order valence-corrected chi connectivity index (χ0v) is 7.87. The molecule has 0 atom stereocenters. The second-order valence-electron chi connectivity index (χ2n) is 3.31. The highest BCUT2D eigenvalue weighted by Gasteiger charge is 2.14. The van der Waals surface area contributed by atoms with E-state index in [2.05, 4.69) is 0 Å². The Labute approximate surface area is 89.6 Å². The van der Waals surface area contributed by atoms with Gasteiger partial charge in [-0.2, -0.15) is 0 Å². The van der Waals surface area contributed by atoms with Gasteiger partial charge in [-0.25, -0.2) is 4.39 Å². The van der Waals surface area contributed by atoms with Crippen LogP contribution in [0.4, 0.5) is 15.8 Å². The van der Waals surface area contributed by atoms with Gasteiger partial charge in [0.15, 0.2) is 0 Å². The molecular weight excluding hydrogens is 195 g/mol. The fraction of sp³-hybridized carbons (Fsp3) is 0.455. The van der Waals surface area contributed by atoms with Crippen molar-refractivity contribution in [3.8, 4) is 0 Å². The number of anilines is 2. The maximum Gasteiger partial charge on any atom is 0.148 e. The minimum atomic E-state index is -0.257. The van der Waals surface area contributed by atoms with Crippen LogP contribution in [0.25, 0.3) is 0 Å². The Morgan fingerprint density at radius 3 is 2.53 bits per heavy atom. The average molecular weight is 212 g/mol. The van der Waals surface area contributed by atoms with Crippen molar-refractivity contribution in [2.24, 2.45) is 0 Å². The van der Waals surface area contributed by atoms with Crippen LogP contribution >= 0.6 is 0 Å². The number of halogens is 1. The first-order chi connectivity index (χ1) is 6.77. The highest BCUT2D eigenvalue weighted by Crippen LogP contribution is 2.22. The molecule has 4 heteroatoms. The second-order valence-corrected chi connectivity index (χ2v) is 3.31. The summed E-state index contributed by atoms with van der Waals surface area (Å²) in [5.74, 6) is -0.257. The summed E-state index contributed by atoms with van der Waals surface area (Å²) < 4.78 is 18.7. The summed E-state index contributed by atoms with van der Waals surface area (Å²) in [5, 5.41) is 0. The molecule has 1 saturated heterocycles. The van der Waals surface area contributed by atoms with Crippen molar-refractivity contribution in [2.75, 3.05) is 36.9 Å². The lowest BCUT2D eigenvalue weighted by Gasteiger charge is -2.29. The largest absolute Gasteiger partial charge is 0.399 e. The fourth-order valence-corrected chi connectivity index (χ4v) is 1.58. The number of benzene rings is 1. The Balaban J connectivity index is 0.00000112. The summed E-state index contributed by atoms with van der Waals surface area (Å²) in [6.07, 6.45) is 0. The molecule has 1 heterocycles. The molecule has 0 spiro atoms. The average Bonchev–Trinajstić information content (AvgIpc) is 2.19. The number of nitrogens with zero attached hydrogens (tertiary/aromatic N) is 1. The maximum absolute atomic E-state index is 13.5. The van der Waals surface area contributed by atoms with E-state index in [1.165, 1.54) is 6.07 Å². The lowest BCUT2D eigenvalue weighted by Crippen LogP contribution is -2.36. The third-order valence-corrected chi connectivity index (χ3v) is 2.32. The first kappa shape index (κ1) is 11.8. The number of ether oxygens (including phenoxy) is 1. The van der Waals surface area contributed by atoms with Gasteiger partial charge in [-0.15, -0.1) is 0 Å². The molecule has 0 unspecified atom stereocenters. The van der Waals surface area contributed by atoms with Crippen molar-refractivity contribution < 1.29 is 9.13 Å². The fourth-order valence-electron chi connectivity index (χ4n) is 1.58. The summed E-state index contributed by atoms with van der Waals surface area (Å²) in [7, 11) is 0. The predicted octanol–water partition coefficient (Wildman–Crippen LogP) is 1.88. The van der Waals surface area contributed by atoms with Gasteiger partial charge in [-0.1, -0.05) is 7.43 Å². The van der Waals surface area contributed by atoms with Gasteiger partial charge in [0.1, 0.15) is 5.82 Å². The van der Waals surface area contributed by atoms with Crippen molar-refractivity contribution in [2.45, 2.75) is 7.43 Å². The normalized spacial score (nSPS) is 15.9. The summed E-state index contributed by atoms with van der Waals surface area (Å²) >= 11 is 0. The number of morpholine rings is 1. The van der Waals surface area contributed by atoms with Crippen molar-refractivity contribution in [1.82, 2.24) is 0 Å². The Hall–Kier alpha value is -1.29. The topological polar surface area (TPSA) is 38.5 Å². The molecule has 2 N–H and O–H groups in total. The summed E-state index contributed by atoms with van der Waals surface area (Å²) in [5.41, 5.74) is 6.55. The van der Waals surface area contributed by atoms with Gasteiger partial charge in [0.25, 0.3) is 0 Å². The second kappa shape index (κ2) is 4.98. The molecule has 3 nitrogen and oxygen atoms in total. The SMILES string of the molecule is C.Nc1ccc(N2CCOCC2)c(F)c1. The van der Waals surface area contributed by atoms with Gasteiger partial charge in [-0.05, 0) is 18.2 Å².